The molecule has 0 aromatic heterocycles. The normalized spacial score (nSPS) is 12.3. The Kier molecular flexibility index (Phi) is 4.97. The van der Waals surface area contributed by atoms with Crippen LogP contribution in [0.25, 0.3) is 0 Å². The Hall–Kier alpha value is -0.740. The Morgan fingerprint density at radius 1 is 1.10 bits per heavy atom. The largest absolute Gasteiger partial charge is 0.495 e. The molecule has 0 bridgehead atoms. The van der Waals surface area contributed by atoms with E-state index < -0.39 is 6.10 Å². The molecule has 0 radical (unpaired) electrons. The van der Waals surface area contributed by atoms with Gasteiger partial charge in [-0.1, -0.05) is 29.3 Å². The van der Waals surface area contributed by atoms with E-state index in [0.717, 1.165) is 5.56 Å². The molecular weight excluding hydrogens is 363 g/mol. The lowest BCUT2D eigenvalue weighted by Gasteiger charge is -2.17. The summed E-state index contributed by atoms with van der Waals surface area (Å²) in [6.07, 6.45) is -0.864. The van der Waals surface area contributed by atoms with Crippen molar-refractivity contribution in [3.05, 3.63) is 61.5 Å². The van der Waals surface area contributed by atoms with Gasteiger partial charge in [-0.3, -0.25) is 0 Å². The monoisotopic (exact) mass is 374 g/mol. The molecule has 106 valence electrons. The molecule has 1 N–H and O–H groups in total. The fourth-order valence-electron chi connectivity index (χ4n) is 2.10. The van der Waals surface area contributed by atoms with Crippen LogP contribution >= 0.6 is 39.1 Å². The Balaban J connectivity index is 2.55. The second-order valence-corrected chi connectivity index (χ2v) is 6.20. The molecule has 0 aliphatic rings. The minimum Gasteiger partial charge on any atom is -0.495 e. The minimum absolute atomic E-state index is 0.519. The highest BCUT2D eigenvalue weighted by Crippen LogP contribution is 2.38. The van der Waals surface area contributed by atoms with Gasteiger partial charge in [0.2, 0.25) is 0 Å². The predicted octanol–water partition coefficient (Wildman–Crippen LogP) is 5.15. The molecule has 1 atom stereocenters. The van der Waals surface area contributed by atoms with Crippen LogP contribution in [-0.2, 0) is 0 Å². The van der Waals surface area contributed by atoms with Crippen LogP contribution in [-0.4, -0.2) is 12.2 Å². The number of aliphatic hydroxyl groups is 1. The molecule has 5 heteroatoms. The zero-order valence-corrected chi connectivity index (χ0v) is 14.1. The van der Waals surface area contributed by atoms with Gasteiger partial charge in [-0.25, -0.2) is 0 Å². The highest BCUT2D eigenvalue weighted by atomic mass is 79.9. The second-order valence-electron chi connectivity index (χ2n) is 4.47. The molecule has 2 nitrogen and oxygen atoms in total. The van der Waals surface area contributed by atoms with Crippen molar-refractivity contribution in [2.45, 2.75) is 13.0 Å². The predicted molar refractivity (Wildman–Crippen MR) is 86.0 cm³/mol. The molecule has 0 spiro atoms. The van der Waals surface area contributed by atoms with E-state index in [-0.39, 0.29) is 0 Å². The van der Waals surface area contributed by atoms with Crippen LogP contribution in [0.5, 0.6) is 5.75 Å². The Labute approximate surface area is 136 Å². The average molecular weight is 376 g/mol. The second kappa shape index (κ2) is 6.35. The van der Waals surface area contributed by atoms with Gasteiger partial charge in [0.05, 0.1) is 11.6 Å². The van der Waals surface area contributed by atoms with Crippen LogP contribution in [0.1, 0.15) is 22.8 Å². The molecule has 0 saturated carbocycles. The maximum atomic E-state index is 10.6. The first kappa shape index (κ1) is 15.6. The van der Waals surface area contributed by atoms with Crippen LogP contribution in [0, 0.1) is 6.92 Å². The quantitative estimate of drug-likeness (QED) is 0.803. The van der Waals surface area contributed by atoms with Crippen molar-refractivity contribution in [1.29, 1.82) is 0 Å². The van der Waals surface area contributed by atoms with Gasteiger partial charge in [0.25, 0.3) is 0 Å². The number of methoxy groups -OCH3 is 1. The highest BCUT2D eigenvalue weighted by molar-refractivity contribution is 9.10. The van der Waals surface area contributed by atoms with Gasteiger partial charge in [0.15, 0.2) is 0 Å². The molecule has 0 aliphatic heterocycles. The molecule has 0 aliphatic carbocycles. The van der Waals surface area contributed by atoms with E-state index in [2.05, 4.69) is 15.9 Å². The summed E-state index contributed by atoms with van der Waals surface area (Å²) in [6.45, 7) is 1.92. The third kappa shape index (κ3) is 3.29. The maximum absolute atomic E-state index is 10.6. The van der Waals surface area contributed by atoms with Crippen LogP contribution < -0.4 is 4.74 Å². The van der Waals surface area contributed by atoms with Crippen molar-refractivity contribution < 1.29 is 9.84 Å². The molecule has 20 heavy (non-hydrogen) atoms. The maximum Gasteiger partial charge on any atom is 0.139 e. The van der Waals surface area contributed by atoms with Gasteiger partial charge >= 0.3 is 0 Å². The van der Waals surface area contributed by atoms with Crippen LogP contribution in [0.3, 0.4) is 0 Å². The molecule has 0 fully saturated rings. The zero-order valence-electron chi connectivity index (χ0n) is 11.0. The van der Waals surface area contributed by atoms with Crippen molar-refractivity contribution in [1.82, 2.24) is 0 Å². The molecule has 0 amide bonds. The molecule has 2 rings (SSSR count). The summed E-state index contributed by atoms with van der Waals surface area (Å²) in [5.41, 5.74) is 2.27. The van der Waals surface area contributed by atoms with Crippen molar-refractivity contribution in [3.8, 4) is 5.75 Å². The van der Waals surface area contributed by atoms with E-state index in [9.17, 15) is 5.11 Å². The summed E-state index contributed by atoms with van der Waals surface area (Å²) < 4.78 is 6.03. The van der Waals surface area contributed by atoms with Gasteiger partial charge in [0.1, 0.15) is 11.9 Å². The van der Waals surface area contributed by atoms with Crippen molar-refractivity contribution in [2.24, 2.45) is 0 Å². The van der Waals surface area contributed by atoms with E-state index in [1.165, 1.54) is 0 Å². The molecule has 0 heterocycles. The van der Waals surface area contributed by atoms with Gasteiger partial charge in [-0.15, -0.1) is 0 Å². The average Bonchev–Trinajstić information content (AvgIpc) is 2.35. The molecular formula is C15H13BrCl2O2. The van der Waals surface area contributed by atoms with Gasteiger partial charge in [-0.2, -0.15) is 0 Å². The zero-order chi connectivity index (χ0) is 14.9. The third-order valence-electron chi connectivity index (χ3n) is 2.92. The van der Waals surface area contributed by atoms with Crippen LogP contribution in [0.15, 0.2) is 34.8 Å². The lowest BCUT2D eigenvalue weighted by molar-refractivity contribution is 0.214. The molecule has 1 unspecified atom stereocenters. The van der Waals surface area contributed by atoms with E-state index in [1.807, 2.05) is 19.1 Å². The fourth-order valence-corrected chi connectivity index (χ4v) is 3.39. The first-order valence-electron chi connectivity index (χ1n) is 5.90. The van der Waals surface area contributed by atoms with Gasteiger partial charge < -0.3 is 9.84 Å². The Bertz CT molecular complexity index is 624. The smallest absolute Gasteiger partial charge is 0.139 e. The SMILES string of the molecule is COc1c(Br)cc(Cl)cc1C(O)c1cc(C)cc(Cl)c1. The first-order chi connectivity index (χ1) is 9.42. The van der Waals surface area contributed by atoms with E-state index in [4.69, 9.17) is 27.9 Å². The van der Waals surface area contributed by atoms with Gasteiger partial charge in [-0.05, 0) is 58.2 Å². The van der Waals surface area contributed by atoms with E-state index >= 15 is 0 Å². The number of aliphatic hydroxyl groups excluding tert-OH is 1. The lowest BCUT2D eigenvalue weighted by Crippen LogP contribution is -2.03. The van der Waals surface area contributed by atoms with Gasteiger partial charge in [0, 0.05) is 15.6 Å². The van der Waals surface area contributed by atoms with Crippen molar-refractivity contribution >= 4 is 39.1 Å². The first-order valence-corrected chi connectivity index (χ1v) is 7.45. The number of hydrogen-bond acceptors (Lipinski definition) is 2. The third-order valence-corrected chi connectivity index (χ3v) is 3.94. The fraction of sp³-hybridized carbons (Fsp3) is 0.200. The number of aryl methyl sites for hydroxylation is 1. The summed E-state index contributed by atoms with van der Waals surface area (Å²) in [5.74, 6) is 0.555. The molecule has 0 saturated heterocycles. The number of halogens is 3. The number of rotatable bonds is 3. The summed E-state index contributed by atoms with van der Waals surface area (Å²) in [7, 11) is 1.55. The summed E-state index contributed by atoms with van der Waals surface area (Å²) >= 11 is 15.5. The standard InChI is InChI=1S/C15H13BrCl2O2/c1-8-3-9(5-10(17)4-8)14(19)12-6-11(18)7-13(16)15(12)20-2/h3-7,14,19H,1-2H3. The topological polar surface area (TPSA) is 29.5 Å². The summed E-state index contributed by atoms with van der Waals surface area (Å²) in [5, 5.41) is 11.7. The number of ether oxygens (including phenoxy) is 1. The summed E-state index contributed by atoms with van der Waals surface area (Å²) in [6, 6.07) is 8.85. The Morgan fingerprint density at radius 2 is 1.75 bits per heavy atom. The molecule has 2 aromatic carbocycles. The molecule has 2 aromatic rings. The van der Waals surface area contributed by atoms with E-state index in [1.54, 1.807) is 25.3 Å². The lowest BCUT2D eigenvalue weighted by atomic mass is 9.99. The van der Waals surface area contributed by atoms with Crippen molar-refractivity contribution in [3.63, 3.8) is 0 Å². The Morgan fingerprint density at radius 3 is 2.35 bits per heavy atom. The van der Waals surface area contributed by atoms with Crippen LogP contribution in [0.4, 0.5) is 0 Å². The number of benzene rings is 2. The highest BCUT2D eigenvalue weighted by Gasteiger charge is 2.19. The minimum atomic E-state index is -0.864. The van der Waals surface area contributed by atoms with E-state index in [0.29, 0.717) is 31.4 Å². The van der Waals surface area contributed by atoms with Crippen LogP contribution in [0.2, 0.25) is 10.0 Å². The van der Waals surface area contributed by atoms with Crippen molar-refractivity contribution in [2.75, 3.05) is 7.11 Å². The number of hydrogen-bond donors (Lipinski definition) is 1. The summed E-state index contributed by atoms with van der Waals surface area (Å²) in [4.78, 5) is 0.